The Morgan fingerprint density at radius 2 is 2.29 bits per heavy atom. The highest BCUT2D eigenvalue weighted by Gasteiger charge is 2.15. The van der Waals surface area contributed by atoms with E-state index >= 15 is 0 Å². The molecule has 2 rings (SSSR count). The molecule has 0 radical (unpaired) electrons. The lowest BCUT2D eigenvalue weighted by atomic mass is 10.1. The molecule has 1 aromatic carbocycles. The zero-order valence-corrected chi connectivity index (χ0v) is 8.73. The molecule has 1 aliphatic rings. The third-order valence-electron chi connectivity index (χ3n) is 1.96. The van der Waals surface area contributed by atoms with Gasteiger partial charge in [0.15, 0.2) is 0 Å². The fraction of sp³-hybridized carbons (Fsp3) is 0.100. The van der Waals surface area contributed by atoms with E-state index in [2.05, 4.69) is 0 Å². The first-order valence-electron chi connectivity index (χ1n) is 4.03. The smallest absolute Gasteiger partial charge is 0.332 e. The van der Waals surface area contributed by atoms with Crippen LogP contribution in [-0.2, 0) is 4.79 Å². The van der Waals surface area contributed by atoms with E-state index in [0.29, 0.717) is 16.3 Å². The molecule has 0 fully saturated rings. The van der Waals surface area contributed by atoms with Crippen LogP contribution in [0.4, 0.5) is 0 Å². The largest absolute Gasteiger partial charge is 0.478 e. The summed E-state index contributed by atoms with van der Waals surface area (Å²) in [6, 6.07) is 5.51. The van der Waals surface area contributed by atoms with Crippen LogP contribution in [0.2, 0.25) is 5.02 Å². The number of carbonyl (C=O) groups is 1. The standard InChI is InChI=1S/C10H7ClO2S/c11-8-1-2-9-6(4-8)3-7(5-14-9)10(12)13/h1-4H,5H2,(H,12,13). The number of hydrogen-bond donors (Lipinski definition) is 1. The topological polar surface area (TPSA) is 37.3 Å². The Balaban J connectivity index is 2.47. The van der Waals surface area contributed by atoms with Gasteiger partial charge in [0.2, 0.25) is 0 Å². The molecule has 1 aromatic rings. The van der Waals surface area contributed by atoms with Gasteiger partial charge in [0.1, 0.15) is 0 Å². The van der Waals surface area contributed by atoms with E-state index in [0.717, 1.165) is 10.5 Å². The molecule has 4 heteroatoms. The van der Waals surface area contributed by atoms with E-state index in [1.165, 1.54) is 11.8 Å². The van der Waals surface area contributed by atoms with E-state index in [1.807, 2.05) is 12.1 Å². The average molecular weight is 227 g/mol. The Morgan fingerprint density at radius 1 is 1.50 bits per heavy atom. The predicted molar refractivity (Wildman–Crippen MR) is 57.8 cm³/mol. The minimum absolute atomic E-state index is 0.421. The number of hydrogen-bond acceptors (Lipinski definition) is 2. The third kappa shape index (κ3) is 1.79. The van der Waals surface area contributed by atoms with Gasteiger partial charge in [-0.05, 0) is 29.8 Å². The predicted octanol–water partition coefficient (Wildman–Crippen LogP) is 2.91. The molecule has 0 saturated carbocycles. The number of rotatable bonds is 1. The number of halogens is 1. The van der Waals surface area contributed by atoms with Gasteiger partial charge in [-0.3, -0.25) is 0 Å². The van der Waals surface area contributed by atoms with Gasteiger partial charge in [-0.25, -0.2) is 4.79 Å². The molecule has 1 N–H and O–H groups in total. The van der Waals surface area contributed by atoms with Gasteiger partial charge in [0.25, 0.3) is 0 Å². The Labute approximate surface area is 90.6 Å². The summed E-state index contributed by atoms with van der Waals surface area (Å²) in [5.74, 6) is -0.340. The zero-order chi connectivity index (χ0) is 10.1. The molecule has 0 spiro atoms. The maximum Gasteiger partial charge on any atom is 0.332 e. The second kappa shape index (κ2) is 3.67. The lowest BCUT2D eigenvalue weighted by molar-refractivity contribution is -0.132. The lowest BCUT2D eigenvalue weighted by Crippen LogP contribution is -2.06. The molecule has 0 aromatic heterocycles. The number of fused-ring (bicyclic) bond motifs is 1. The van der Waals surface area contributed by atoms with Crippen molar-refractivity contribution < 1.29 is 9.90 Å². The Bertz CT molecular complexity index is 426. The monoisotopic (exact) mass is 226 g/mol. The number of thioether (sulfide) groups is 1. The van der Waals surface area contributed by atoms with Crippen LogP contribution < -0.4 is 0 Å². The summed E-state index contributed by atoms with van der Waals surface area (Å²) in [4.78, 5) is 11.8. The van der Waals surface area contributed by atoms with Gasteiger partial charge in [-0.15, -0.1) is 11.8 Å². The van der Waals surface area contributed by atoms with Crippen molar-refractivity contribution in [2.24, 2.45) is 0 Å². The fourth-order valence-corrected chi connectivity index (χ4v) is 2.42. The van der Waals surface area contributed by atoms with E-state index < -0.39 is 5.97 Å². The maximum atomic E-state index is 10.7. The van der Waals surface area contributed by atoms with Crippen molar-refractivity contribution >= 4 is 35.4 Å². The summed E-state index contributed by atoms with van der Waals surface area (Å²) in [6.45, 7) is 0. The number of benzene rings is 1. The van der Waals surface area contributed by atoms with E-state index in [-0.39, 0.29) is 0 Å². The first-order valence-corrected chi connectivity index (χ1v) is 5.39. The highest BCUT2D eigenvalue weighted by molar-refractivity contribution is 7.99. The number of aliphatic carboxylic acids is 1. The molecule has 0 atom stereocenters. The van der Waals surface area contributed by atoms with Crippen molar-refractivity contribution in [1.82, 2.24) is 0 Å². The minimum Gasteiger partial charge on any atom is -0.478 e. The van der Waals surface area contributed by atoms with Gasteiger partial charge < -0.3 is 5.11 Å². The van der Waals surface area contributed by atoms with Crippen LogP contribution in [0.3, 0.4) is 0 Å². The van der Waals surface area contributed by atoms with Crippen molar-refractivity contribution in [1.29, 1.82) is 0 Å². The fourth-order valence-electron chi connectivity index (χ4n) is 1.27. The van der Waals surface area contributed by atoms with Gasteiger partial charge >= 0.3 is 5.97 Å². The zero-order valence-electron chi connectivity index (χ0n) is 7.16. The summed E-state index contributed by atoms with van der Waals surface area (Å²) < 4.78 is 0. The van der Waals surface area contributed by atoms with E-state index in [4.69, 9.17) is 16.7 Å². The normalized spacial score (nSPS) is 14.5. The number of carboxylic acids is 1. The van der Waals surface area contributed by atoms with E-state index in [1.54, 1.807) is 12.1 Å². The molecule has 2 nitrogen and oxygen atoms in total. The second-order valence-corrected chi connectivity index (χ2v) is 4.40. The Hall–Kier alpha value is -0.930. The van der Waals surface area contributed by atoms with Crippen LogP contribution >= 0.6 is 23.4 Å². The second-order valence-electron chi connectivity index (χ2n) is 2.95. The van der Waals surface area contributed by atoms with Gasteiger partial charge in [0, 0.05) is 21.2 Å². The minimum atomic E-state index is -0.858. The molecular formula is C10H7ClO2S. The molecule has 0 saturated heterocycles. The quantitative estimate of drug-likeness (QED) is 0.800. The lowest BCUT2D eigenvalue weighted by Gasteiger charge is -2.13. The maximum absolute atomic E-state index is 10.7. The molecule has 0 amide bonds. The van der Waals surface area contributed by atoms with Crippen LogP contribution in [0.5, 0.6) is 0 Å². The van der Waals surface area contributed by atoms with Crippen molar-refractivity contribution in [3.63, 3.8) is 0 Å². The number of carboxylic acid groups (broad SMARTS) is 1. The average Bonchev–Trinajstić information content (AvgIpc) is 2.16. The van der Waals surface area contributed by atoms with Crippen LogP contribution in [-0.4, -0.2) is 16.8 Å². The summed E-state index contributed by atoms with van der Waals surface area (Å²) in [5, 5.41) is 9.45. The molecule has 0 bridgehead atoms. The first-order chi connectivity index (χ1) is 6.66. The molecule has 1 heterocycles. The SMILES string of the molecule is O=C(O)C1=Cc2cc(Cl)ccc2SC1. The highest BCUT2D eigenvalue weighted by atomic mass is 35.5. The van der Waals surface area contributed by atoms with Crippen LogP contribution in [0.25, 0.3) is 6.08 Å². The van der Waals surface area contributed by atoms with Crippen molar-refractivity contribution in [2.75, 3.05) is 5.75 Å². The molecule has 0 aliphatic carbocycles. The third-order valence-corrected chi connectivity index (χ3v) is 3.33. The van der Waals surface area contributed by atoms with Crippen molar-refractivity contribution in [2.45, 2.75) is 4.90 Å². The summed E-state index contributed by atoms with van der Waals surface area (Å²) in [6.07, 6.45) is 1.68. The molecule has 1 aliphatic heterocycles. The molecule has 14 heavy (non-hydrogen) atoms. The summed E-state index contributed by atoms with van der Waals surface area (Å²) in [5.41, 5.74) is 1.32. The first kappa shape index (κ1) is 9.62. The van der Waals surface area contributed by atoms with Crippen LogP contribution in [0, 0.1) is 0 Å². The van der Waals surface area contributed by atoms with Gasteiger partial charge in [-0.1, -0.05) is 11.6 Å². The van der Waals surface area contributed by atoms with Gasteiger partial charge in [0.05, 0.1) is 0 Å². The highest BCUT2D eigenvalue weighted by Crippen LogP contribution is 2.33. The molecule has 72 valence electrons. The van der Waals surface area contributed by atoms with Crippen molar-refractivity contribution in [3.8, 4) is 0 Å². The van der Waals surface area contributed by atoms with Crippen LogP contribution in [0.15, 0.2) is 28.7 Å². The summed E-state index contributed by atoms with van der Waals surface area (Å²) >= 11 is 7.34. The molecular weight excluding hydrogens is 220 g/mol. The van der Waals surface area contributed by atoms with E-state index in [9.17, 15) is 4.79 Å². The molecule has 0 unspecified atom stereocenters. The van der Waals surface area contributed by atoms with Crippen molar-refractivity contribution in [3.05, 3.63) is 34.4 Å². The summed E-state index contributed by atoms with van der Waals surface area (Å²) in [7, 11) is 0. The Morgan fingerprint density at radius 3 is 3.00 bits per heavy atom. The Kier molecular flexibility index (Phi) is 2.52. The van der Waals surface area contributed by atoms with Crippen LogP contribution in [0.1, 0.15) is 5.56 Å². The van der Waals surface area contributed by atoms with Gasteiger partial charge in [-0.2, -0.15) is 0 Å².